The minimum absolute atomic E-state index is 0.261. The van der Waals surface area contributed by atoms with E-state index in [1.54, 1.807) is 13.8 Å². The molecule has 0 aromatic carbocycles. The molecule has 2 atom stereocenters. The molecule has 0 spiro atoms. The van der Waals surface area contributed by atoms with E-state index in [9.17, 15) is 9.59 Å². The summed E-state index contributed by atoms with van der Waals surface area (Å²) in [6, 6.07) is 0. The number of carbonyl (C=O) groups excluding carboxylic acids is 2. The van der Waals surface area contributed by atoms with Gasteiger partial charge in [0.1, 0.15) is 10.3 Å². The quantitative estimate of drug-likeness (QED) is 0.387. The third kappa shape index (κ3) is 6.93. The molecular weight excluding hydrogens is 304 g/mol. The second-order valence-corrected chi connectivity index (χ2v) is 6.36. The van der Waals surface area contributed by atoms with Crippen LogP contribution >= 0.6 is 11.8 Å². The van der Waals surface area contributed by atoms with Crippen molar-refractivity contribution in [2.45, 2.75) is 62.8 Å². The van der Waals surface area contributed by atoms with Crippen molar-refractivity contribution in [2.24, 2.45) is 0 Å². The van der Waals surface area contributed by atoms with Crippen LogP contribution in [0, 0.1) is 0 Å². The summed E-state index contributed by atoms with van der Waals surface area (Å²) >= 11 is 1.23. The van der Waals surface area contributed by atoms with E-state index in [-0.39, 0.29) is 5.91 Å². The van der Waals surface area contributed by atoms with E-state index in [1.807, 2.05) is 0 Å². The normalized spacial score (nSPS) is 13.4. The Morgan fingerprint density at radius 3 is 2.77 bits per heavy atom. The lowest BCUT2D eigenvalue weighted by molar-refractivity contribution is -0.154. The molecule has 1 rings (SSSR count). The van der Waals surface area contributed by atoms with Gasteiger partial charge in [0.2, 0.25) is 0 Å². The molecule has 2 N–H and O–H groups in total. The maximum Gasteiger partial charge on any atom is 0.319 e. The fraction of sp³-hybridized carbons (Fsp3) is 0.714. The fourth-order valence-electron chi connectivity index (χ4n) is 1.71. The van der Waals surface area contributed by atoms with Gasteiger partial charge in [0.15, 0.2) is 6.10 Å². The number of H-pyrrole nitrogens is 1. The van der Waals surface area contributed by atoms with Gasteiger partial charge < -0.3 is 10.1 Å². The Morgan fingerprint density at radius 1 is 1.36 bits per heavy atom. The number of nitrogens with one attached hydrogen (secondary N) is 2. The highest BCUT2D eigenvalue weighted by molar-refractivity contribution is 8.00. The van der Waals surface area contributed by atoms with E-state index >= 15 is 0 Å². The Balaban J connectivity index is 2.25. The molecule has 1 aromatic heterocycles. The summed E-state index contributed by atoms with van der Waals surface area (Å²) in [4.78, 5) is 23.7. The Morgan fingerprint density at radius 2 is 2.14 bits per heavy atom. The van der Waals surface area contributed by atoms with E-state index in [0.717, 1.165) is 25.7 Å². The number of unbranched alkanes of at least 4 members (excludes halogenated alkanes) is 3. The zero-order valence-corrected chi connectivity index (χ0v) is 14.1. The standard InChI is InChI=1S/C14H24N4O3S/c1-4-5-6-7-8-15-13(19)10(2)21-14(20)11(3)22-12-9-16-18-17-12/h9-11H,4-8H2,1-3H3,(H,15,19)(H,16,17,18). The first kappa shape index (κ1) is 18.5. The molecule has 0 bridgehead atoms. The molecule has 1 amide bonds. The average molecular weight is 328 g/mol. The zero-order valence-electron chi connectivity index (χ0n) is 13.3. The number of esters is 1. The molecular formula is C14H24N4O3S. The Kier molecular flexibility index (Phi) is 8.57. The smallest absolute Gasteiger partial charge is 0.319 e. The van der Waals surface area contributed by atoms with Gasteiger partial charge in [-0.3, -0.25) is 9.59 Å². The van der Waals surface area contributed by atoms with Crippen molar-refractivity contribution in [3.63, 3.8) is 0 Å². The Labute approximate surface area is 135 Å². The van der Waals surface area contributed by atoms with Crippen LogP contribution in [0.2, 0.25) is 0 Å². The highest BCUT2D eigenvalue weighted by Gasteiger charge is 2.23. The SMILES string of the molecule is CCCCCCNC(=O)C(C)OC(=O)C(C)Sc1cn[nH]n1. The zero-order chi connectivity index (χ0) is 16.4. The summed E-state index contributed by atoms with van der Waals surface area (Å²) in [7, 11) is 0. The molecule has 0 saturated heterocycles. The lowest BCUT2D eigenvalue weighted by Gasteiger charge is -2.15. The van der Waals surface area contributed by atoms with Crippen molar-refractivity contribution in [3.8, 4) is 0 Å². The summed E-state index contributed by atoms with van der Waals surface area (Å²) in [6.45, 7) is 6.03. The second-order valence-electron chi connectivity index (χ2n) is 5.00. The molecule has 0 aliphatic heterocycles. The molecule has 0 aliphatic carbocycles. The fourth-order valence-corrected chi connectivity index (χ4v) is 2.43. The summed E-state index contributed by atoms with van der Waals surface area (Å²) in [6.07, 6.45) is 5.09. The number of nitrogens with zero attached hydrogens (tertiary/aromatic N) is 2. The van der Waals surface area contributed by atoms with E-state index < -0.39 is 17.3 Å². The van der Waals surface area contributed by atoms with Gasteiger partial charge in [-0.15, -0.1) is 5.10 Å². The molecule has 2 unspecified atom stereocenters. The first-order chi connectivity index (χ1) is 10.5. The van der Waals surface area contributed by atoms with Gasteiger partial charge >= 0.3 is 5.97 Å². The molecule has 22 heavy (non-hydrogen) atoms. The maximum absolute atomic E-state index is 11.9. The van der Waals surface area contributed by atoms with Crippen LogP contribution in [-0.4, -0.2) is 45.2 Å². The summed E-state index contributed by atoms with van der Waals surface area (Å²) in [5, 5.41) is 12.9. The predicted octanol–water partition coefficient (Wildman–Crippen LogP) is 1.91. The van der Waals surface area contributed by atoms with Gasteiger partial charge in [0.05, 0.1) is 6.20 Å². The molecule has 124 valence electrons. The topological polar surface area (TPSA) is 97.0 Å². The number of ether oxygens (including phenoxy) is 1. The van der Waals surface area contributed by atoms with Crippen LogP contribution in [0.15, 0.2) is 11.2 Å². The number of carbonyl (C=O) groups is 2. The van der Waals surface area contributed by atoms with Crippen LogP contribution in [-0.2, 0) is 14.3 Å². The first-order valence-corrected chi connectivity index (χ1v) is 8.43. The van der Waals surface area contributed by atoms with Crippen molar-refractivity contribution in [3.05, 3.63) is 6.20 Å². The number of hydrogen-bond donors (Lipinski definition) is 2. The summed E-state index contributed by atoms with van der Waals surface area (Å²) in [5.41, 5.74) is 0. The van der Waals surface area contributed by atoms with Crippen LogP contribution in [0.4, 0.5) is 0 Å². The van der Waals surface area contributed by atoms with E-state index in [4.69, 9.17) is 4.74 Å². The summed E-state index contributed by atoms with van der Waals surface area (Å²) < 4.78 is 5.17. The molecule has 0 radical (unpaired) electrons. The predicted molar refractivity (Wildman–Crippen MR) is 84.4 cm³/mol. The molecule has 8 heteroatoms. The Hall–Kier alpha value is -1.57. The largest absolute Gasteiger partial charge is 0.452 e. The lowest BCUT2D eigenvalue weighted by atomic mass is 10.2. The van der Waals surface area contributed by atoms with Gasteiger partial charge in [-0.25, -0.2) is 0 Å². The number of aromatic amines is 1. The van der Waals surface area contributed by atoms with Crippen LogP contribution in [0.1, 0.15) is 46.5 Å². The van der Waals surface area contributed by atoms with Gasteiger partial charge in [-0.2, -0.15) is 10.3 Å². The van der Waals surface area contributed by atoms with Crippen LogP contribution < -0.4 is 5.32 Å². The van der Waals surface area contributed by atoms with E-state index in [0.29, 0.717) is 11.6 Å². The van der Waals surface area contributed by atoms with Gasteiger partial charge in [0, 0.05) is 6.54 Å². The third-order valence-corrected chi connectivity index (χ3v) is 4.00. The number of hydrogen-bond acceptors (Lipinski definition) is 6. The number of rotatable bonds is 10. The summed E-state index contributed by atoms with van der Waals surface area (Å²) in [5.74, 6) is -0.704. The highest BCUT2D eigenvalue weighted by atomic mass is 32.2. The van der Waals surface area contributed by atoms with Gasteiger partial charge in [0.25, 0.3) is 5.91 Å². The lowest BCUT2D eigenvalue weighted by Crippen LogP contribution is -2.37. The van der Waals surface area contributed by atoms with Crippen molar-refractivity contribution >= 4 is 23.6 Å². The average Bonchev–Trinajstić information content (AvgIpc) is 2.99. The number of aromatic nitrogens is 3. The van der Waals surface area contributed by atoms with Crippen molar-refractivity contribution < 1.29 is 14.3 Å². The minimum atomic E-state index is -0.793. The molecule has 0 fully saturated rings. The molecule has 1 aromatic rings. The molecule has 7 nitrogen and oxygen atoms in total. The van der Waals surface area contributed by atoms with Crippen molar-refractivity contribution in [2.75, 3.05) is 6.54 Å². The van der Waals surface area contributed by atoms with Gasteiger partial charge in [-0.05, 0) is 20.3 Å². The maximum atomic E-state index is 11.9. The number of thioether (sulfide) groups is 1. The van der Waals surface area contributed by atoms with Crippen LogP contribution in [0.3, 0.4) is 0 Å². The second kappa shape index (κ2) is 10.2. The van der Waals surface area contributed by atoms with Gasteiger partial charge in [-0.1, -0.05) is 37.9 Å². The third-order valence-electron chi connectivity index (χ3n) is 3.01. The monoisotopic (exact) mass is 328 g/mol. The molecule has 0 saturated carbocycles. The van der Waals surface area contributed by atoms with Crippen molar-refractivity contribution in [1.29, 1.82) is 0 Å². The molecule has 0 aliphatic rings. The minimum Gasteiger partial charge on any atom is -0.452 e. The van der Waals surface area contributed by atoms with Crippen molar-refractivity contribution in [1.82, 2.24) is 20.7 Å². The Bertz CT molecular complexity index is 453. The highest BCUT2D eigenvalue weighted by Crippen LogP contribution is 2.20. The van der Waals surface area contributed by atoms with Crippen LogP contribution in [0.25, 0.3) is 0 Å². The van der Waals surface area contributed by atoms with E-state index in [2.05, 4.69) is 27.7 Å². The first-order valence-electron chi connectivity index (χ1n) is 7.55. The number of amides is 1. The van der Waals surface area contributed by atoms with Crippen LogP contribution in [0.5, 0.6) is 0 Å². The molecule has 1 heterocycles. The van der Waals surface area contributed by atoms with E-state index in [1.165, 1.54) is 18.0 Å².